The van der Waals surface area contributed by atoms with Gasteiger partial charge < -0.3 is 19.7 Å². The Kier molecular flexibility index (Phi) is 5.33. The van der Waals surface area contributed by atoms with Crippen LogP contribution in [0.4, 0.5) is 5.69 Å². The average molecular weight is 402 g/mol. The third-order valence-electron chi connectivity index (χ3n) is 5.61. The topological polar surface area (TPSA) is 54.0 Å². The lowest BCUT2D eigenvalue weighted by Gasteiger charge is -2.35. The van der Waals surface area contributed by atoms with E-state index in [0.717, 1.165) is 45.7 Å². The third-order valence-corrected chi connectivity index (χ3v) is 5.61. The number of nitrogens with zero attached hydrogens (tertiary/aromatic N) is 2. The monoisotopic (exact) mass is 401 g/mol. The zero-order valence-corrected chi connectivity index (χ0v) is 16.5. The van der Waals surface area contributed by atoms with Gasteiger partial charge in [0.05, 0.1) is 0 Å². The Hall–Kier alpha value is -2.44. The molecule has 0 unspecified atom stereocenters. The van der Waals surface area contributed by atoms with Crippen molar-refractivity contribution in [3.63, 3.8) is 0 Å². The van der Waals surface area contributed by atoms with E-state index in [1.807, 2.05) is 17.0 Å². The van der Waals surface area contributed by atoms with Gasteiger partial charge in [-0.25, -0.2) is 0 Å². The summed E-state index contributed by atoms with van der Waals surface area (Å²) in [5.74, 6) is 1.43. The maximum atomic E-state index is 12.8. The highest BCUT2D eigenvalue weighted by molar-refractivity contribution is 5.95. The number of nitrogens with one attached hydrogen (secondary N) is 1. The van der Waals surface area contributed by atoms with Crippen LogP contribution in [0.3, 0.4) is 0 Å². The standard InChI is InChI=1S/C21H23N3O3.ClH/c25-21(16-4-5-18-19(12-16)27-14-26-18)24-10-8-23(9-11-24)13-17-3-1-2-15-6-7-22-20(15)17;/h1-5,12,22H,6-11,13-14H2;1H. The van der Waals surface area contributed by atoms with Crippen LogP contribution in [0, 0.1) is 0 Å². The number of carbonyl (C=O) groups is 1. The fraction of sp³-hybridized carbons (Fsp3) is 0.381. The van der Waals surface area contributed by atoms with Gasteiger partial charge in [0.1, 0.15) is 0 Å². The summed E-state index contributed by atoms with van der Waals surface area (Å²) in [6.07, 6.45) is 1.11. The lowest BCUT2D eigenvalue weighted by atomic mass is 10.1. The number of fused-ring (bicyclic) bond motifs is 2. The number of hydrogen-bond donors (Lipinski definition) is 1. The third kappa shape index (κ3) is 3.50. The molecule has 3 aliphatic rings. The summed E-state index contributed by atoms with van der Waals surface area (Å²) in [7, 11) is 0. The van der Waals surface area contributed by atoms with Crippen LogP contribution in [0.15, 0.2) is 36.4 Å². The van der Waals surface area contributed by atoms with E-state index in [9.17, 15) is 4.79 Å². The maximum absolute atomic E-state index is 12.8. The van der Waals surface area contributed by atoms with Crippen LogP contribution >= 0.6 is 12.4 Å². The fourth-order valence-corrected chi connectivity index (χ4v) is 4.10. The zero-order chi connectivity index (χ0) is 18.2. The maximum Gasteiger partial charge on any atom is 0.254 e. The number of hydrogen-bond acceptors (Lipinski definition) is 5. The highest BCUT2D eigenvalue weighted by Gasteiger charge is 2.25. The molecule has 5 rings (SSSR count). The molecule has 0 atom stereocenters. The number of anilines is 1. The molecule has 0 spiro atoms. The first-order chi connectivity index (χ1) is 13.3. The molecule has 0 saturated carbocycles. The second kappa shape index (κ2) is 7.89. The molecule has 6 nitrogen and oxygen atoms in total. The van der Waals surface area contributed by atoms with Gasteiger partial charge in [0, 0.05) is 50.5 Å². The van der Waals surface area contributed by atoms with E-state index >= 15 is 0 Å². The Balaban J connectivity index is 0.00000192. The Labute approximate surface area is 170 Å². The fourth-order valence-electron chi connectivity index (χ4n) is 4.10. The van der Waals surface area contributed by atoms with E-state index in [-0.39, 0.29) is 25.1 Å². The number of piperazine rings is 1. The van der Waals surface area contributed by atoms with Crippen molar-refractivity contribution in [3.8, 4) is 11.5 Å². The predicted octanol–water partition coefficient (Wildman–Crippen LogP) is 2.76. The first-order valence-electron chi connectivity index (χ1n) is 9.54. The molecule has 2 aromatic rings. The summed E-state index contributed by atoms with van der Waals surface area (Å²) in [6, 6.07) is 12.0. The van der Waals surface area contributed by atoms with Crippen LogP contribution < -0.4 is 14.8 Å². The van der Waals surface area contributed by atoms with Crippen molar-refractivity contribution in [1.82, 2.24) is 9.80 Å². The van der Waals surface area contributed by atoms with Crippen molar-refractivity contribution < 1.29 is 14.3 Å². The van der Waals surface area contributed by atoms with Crippen molar-refractivity contribution in [3.05, 3.63) is 53.1 Å². The minimum atomic E-state index is 0. The Bertz CT molecular complexity index is 881. The predicted molar refractivity (Wildman–Crippen MR) is 110 cm³/mol. The number of benzene rings is 2. The SMILES string of the molecule is Cl.O=C(c1ccc2c(c1)OCO2)N1CCN(Cc2cccc3c2NCC3)CC1. The lowest BCUT2D eigenvalue weighted by molar-refractivity contribution is 0.0628. The number of carbonyl (C=O) groups excluding carboxylic acids is 1. The van der Waals surface area contributed by atoms with Crippen molar-refractivity contribution in [2.24, 2.45) is 0 Å². The van der Waals surface area contributed by atoms with E-state index in [1.165, 1.54) is 16.8 Å². The van der Waals surface area contributed by atoms with Crippen LogP contribution in [0.1, 0.15) is 21.5 Å². The van der Waals surface area contributed by atoms with Gasteiger partial charge in [0.2, 0.25) is 6.79 Å². The van der Waals surface area contributed by atoms with Crippen LogP contribution in [0.5, 0.6) is 11.5 Å². The number of rotatable bonds is 3. The van der Waals surface area contributed by atoms with Crippen molar-refractivity contribution in [2.45, 2.75) is 13.0 Å². The van der Waals surface area contributed by atoms with Gasteiger partial charge in [-0.15, -0.1) is 12.4 Å². The molecular formula is C21H24ClN3O3. The molecule has 1 saturated heterocycles. The second-order valence-corrected chi connectivity index (χ2v) is 7.26. The number of halogens is 1. The van der Waals surface area contributed by atoms with Crippen LogP contribution in [-0.2, 0) is 13.0 Å². The summed E-state index contributed by atoms with van der Waals surface area (Å²) < 4.78 is 10.7. The summed E-state index contributed by atoms with van der Waals surface area (Å²) in [5, 5.41) is 3.51. The smallest absolute Gasteiger partial charge is 0.254 e. The van der Waals surface area contributed by atoms with Gasteiger partial charge >= 0.3 is 0 Å². The lowest BCUT2D eigenvalue weighted by Crippen LogP contribution is -2.48. The van der Waals surface area contributed by atoms with Gasteiger partial charge in [0.15, 0.2) is 11.5 Å². The Morgan fingerprint density at radius 1 is 1.04 bits per heavy atom. The first kappa shape index (κ1) is 18.9. The molecule has 28 heavy (non-hydrogen) atoms. The Morgan fingerprint density at radius 3 is 2.71 bits per heavy atom. The molecule has 0 aromatic heterocycles. The van der Waals surface area contributed by atoms with E-state index in [1.54, 1.807) is 6.07 Å². The molecule has 7 heteroatoms. The van der Waals surface area contributed by atoms with Gasteiger partial charge in [-0.1, -0.05) is 18.2 Å². The molecule has 3 aliphatic heterocycles. The highest BCUT2D eigenvalue weighted by Crippen LogP contribution is 2.33. The second-order valence-electron chi connectivity index (χ2n) is 7.26. The molecule has 0 aliphatic carbocycles. The molecule has 148 valence electrons. The zero-order valence-electron chi connectivity index (χ0n) is 15.6. The van der Waals surface area contributed by atoms with E-state index < -0.39 is 0 Å². The minimum absolute atomic E-state index is 0. The molecular weight excluding hydrogens is 378 g/mol. The molecule has 1 N–H and O–H groups in total. The van der Waals surface area contributed by atoms with Gasteiger partial charge in [-0.05, 0) is 35.7 Å². The molecule has 3 heterocycles. The van der Waals surface area contributed by atoms with Crippen molar-refractivity contribution in [1.29, 1.82) is 0 Å². The van der Waals surface area contributed by atoms with Crippen molar-refractivity contribution >= 4 is 24.0 Å². The number of para-hydroxylation sites is 1. The summed E-state index contributed by atoms with van der Waals surface area (Å²) in [5.41, 5.74) is 4.76. The molecule has 0 radical (unpaired) electrons. The number of amides is 1. The largest absolute Gasteiger partial charge is 0.454 e. The van der Waals surface area contributed by atoms with Crippen LogP contribution in [0.2, 0.25) is 0 Å². The van der Waals surface area contributed by atoms with Gasteiger partial charge in [0.25, 0.3) is 5.91 Å². The number of ether oxygens (including phenoxy) is 2. The van der Waals surface area contributed by atoms with Crippen molar-refractivity contribution in [2.75, 3.05) is 44.8 Å². The first-order valence-corrected chi connectivity index (χ1v) is 9.54. The normalized spacial score (nSPS) is 17.6. The highest BCUT2D eigenvalue weighted by atomic mass is 35.5. The van der Waals surface area contributed by atoms with E-state index in [2.05, 4.69) is 28.4 Å². The Morgan fingerprint density at radius 2 is 1.86 bits per heavy atom. The molecule has 1 fully saturated rings. The molecule has 2 aromatic carbocycles. The summed E-state index contributed by atoms with van der Waals surface area (Å²) in [6.45, 7) is 5.46. The summed E-state index contributed by atoms with van der Waals surface area (Å²) in [4.78, 5) is 17.2. The van der Waals surface area contributed by atoms with Crippen LogP contribution in [0.25, 0.3) is 0 Å². The van der Waals surface area contributed by atoms with E-state index in [0.29, 0.717) is 17.1 Å². The minimum Gasteiger partial charge on any atom is -0.454 e. The molecule has 1 amide bonds. The van der Waals surface area contributed by atoms with Gasteiger partial charge in [-0.2, -0.15) is 0 Å². The quantitative estimate of drug-likeness (QED) is 0.857. The molecule has 0 bridgehead atoms. The van der Waals surface area contributed by atoms with Gasteiger partial charge in [-0.3, -0.25) is 9.69 Å². The average Bonchev–Trinajstić information content (AvgIpc) is 3.37. The van der Waals surface area contributed by atoms with E-state index in [4.69, 9.17) is 9.47 Å². The van der Waals surface area contributed by atoms with Crippen LogP contribution in [-0.4, -0.2) is 55.2 Å². The summed E-state index contributed by atoms with van der Waals surface area (Å²) >= 11 is 0.